The van der Waals surface area contributed by atoms with E-state index in [1.54, 1.807) is 6.20 Å². The van der Waals surface area contributed by atoms with Gasteiger partial charge < -0.3 is 14.8 Å². The van der Waals surface area contributed by atoms with Crippen molar-refractivity contribution in [3.63, 3.8) is 0 Å². The zero-order valence-corrected chi connectivity index (χ0v) is 15.2. The number of nitrogens with zero attached hydrogens (tertiary/aromatic N) is 4. The fourth-order valence-corrected chi connectivity index (χ4v) is 3.35. The summed E-state index contributed by atoms with van der Waals surface area (Å²) in [7, 11) is 0. The first-order valence-electron chi connectivity index (χ1n) is 9.03. The van der Waals surface area contributed by atoms with Crippen molar-refractivity contribution in [1.29, 1.82) is 0 Å². The molecule has 0 aliphatic carbocycles. The van der Waals surface area contributed by atoms with Gasteiger partial charge in [0.25, 0.3) is 0 Å². The third-order valence-corrected chi connectivity index (χ3v) is 4.87. The van der Waals surface area contributed by atoms with Gasteiger partial charge in [0.2, 0.25) is 0 Å². The van der Waals surface area contributed by atoms with E-state index in [1.165, 1.54) is 6.07 Å². The van der Waals surface area contributed by atoms with Crippen LogP contribution in [0, 0.1) is 17.6 Å². The van der Waals surface area contributed by atoms with Crippen molar-refractivity contribution in [2.24, 2.45) is 10.9 Å². The van der Waals surface area contributed by atoms with Gasteiger partial charge in [-0.3, -0.25) is 0 Å². The van der Waals surface area contributed by atoms with Crippen LogP contribution in [-0.2, 0) is 6.54 Å². The van der Waals surface area contributed by atoms with Crippen molar-refractivity contribution in [1.82, 2.24) is 19.8 Å². The highest BCUT2D eigenvalue weighted by molar-refractivity contribution is 5.80. The normalized spacial score (nSPS) is 21.1. The molecule has 0 radical (unpaired) electrons. The first-order chi connectivity index (χ1) is 12.6. The molecule has 2 aromatic rings. The summed E-state index contributed by atoms with van der Waals surface area (Å²) in [6, 6.07) is 3.77. The van der Waals surface area contributed by atoms with E-state index < -0.39 is 11.6 Å². The third kappa shape index (κ3) is 4.20. The molecule has 0 spiro atoms. The topological polar surface area (TPSA) is 45.5 Å². The summed E-state index contributed by atoms with van der Waals surface area (Å²) in [6.07, 6.45) is 6.65. The number of likely N-dealkylation sites (tertiary alicyclic amines) is 1. The number of imidazole rings is 1. The van der Waals surface area contributed by atoms with E-state index in [1.807, 2.05) is 19.4 Å². The first kappa shape index (κ1) is 18.4. The van der Waals surface area contributed by atoms with Crippen LogP contribution in [0.25, 0.3) is 0 Å². The molecule has 2 atom stereocenters. The summed E-state index contributed by atoms with van der Waals surface area (Å²) in [5.41, 5.74) is 0.261. The van der Waals surface area contributed by atoms with Crippen LogP contribution in [0.2, 0.25) is 0 Å². The van der Waals surface area contributed by atoms with E-state index in [0.29, 0.717) is 18.5 Å². The van der Waals surface area contributed by atoms with Gasteiger partial charge >= 0.3 is 0 Å². The number of aliphatic imine (C=N–C) groups is 1. The van der Waals surface area contributed by atoms with Crippen molar-refractivity contribution in [3.05, 3.63) is 54.1 Å². The van der Waals surface area contributed by atoms with Crippen LogP contribution < -0.4 is 5.32 Å². The number of piperidine rings is 1. The molecule has 26 heavy (non-hydrogen) atoms. The standard InChI is InChI=1S/C19H25F2N5/c1-3-23-19(24-11-15-10-16(20)4-5-17(15)21)25-8-6-14(2)18(12-25)26-9-7-22-13-26/h4-5,7,9-10,13-14,18H,3,6,8,11-12H2,1-2H3,(H,23,24). The van der Waals surface area contributed by atoms with Crippen molar-refractivity contribution < 1.29 is 8.78 Å². The number of hydrogen-bond acceptors (Lipinski definition) is 2. The molecule has 1 aromatic carbocycles. The Kier molecular flexibility index (Phi) is 5.85. The summed E-state index contributed by atoms with van der Waals surface area (Å²) in [5, 5.41) is 3.27. The highest BCUT2D eigenvalue weighted by atomic mass is 19.1. The van der Waals surface area contributed by atoms with Crippen molar-refractivity contribution in [3.8, 4) is 0 Å². The van der Waals surface area contributed by atoms with Gasteiger partial charge in [0.05, 0.1) is 18.9 Å². The first-order valence-corrected chi connectivity index (χ1v) is 9.03. The van der Waals surface area contributed by atoms with Gasteiger partial charge in [-0.25, -0.2) is 18.8 Å². The lowest BCUT2D eigenvalue weighted by atomic mass is 9.93. The minimum absolute atomic E-state index is 0.105. The van der Waals surface area contributed by atoms with Crippen molar-refractivity contribution in [2.45, 2.75) is 32.9 Å². The molecule has 1 aliphatic heterocycles. The Bertz CT molecular complexity index is 744. The minimum atomic E-state index is -0.450. The Hall–Kier alpha value is -2.44. The average molecular weight is 361 g/mol. The molecule has 1 fully saturated rings. The van der Waals surface area contributed by atoms with E-state index in [0.717, 1.165) is 37.6 Å². The van der Waals surface area contributed by atoms with Gasteiger partial charge in [-0.1, -0.05) is 6.92 Å². The Morgan fingerprint density at radius 2 is 2.23 bits per heavy atom. The summed E-state index contributed by atoms with van der Waals surface area (Å²) in [5.74, 6) is 0.375. The maximum Gasteiger partial charge on any atom is 0.194 e. The Morgan fingerprint density at radius 3 is 2.96 bits per heavy atom. The molecule has 2 heterocycles. The molecule has 1 N–H and O–H groups in total. The van der Waals surface area contributed by atoms with Crippen LogP contribution in [-0.4, -0.2) is 40.0 Å². The Morgan fingerprint density at radius 1 is 1.38 bits per heavy atom. The Balaban J connectivity index is 1.77. The molecule has 7 heteroatoms. The maximum atomic E-state index is 13.9. The molecule has 140 valence electrons. The lowest BCUT2D eigenvalue weighted by molar-refractivity contribution is 0.189. The number of benzene rings is 1. The summed E-state index contributed by atoms with van der Waals surface area (Å²) >= 11 is 0. The lowest BCUT2D eigenvalue weighted by Crippen LogP contribution is -2.49. The van der Waals surface area contributed by atoms with Crippen molar-refractivity contribution in [2.75, 3.05) is 19.6 Å². The predicted molar refractivity (Wildman–Crippen MR) is 97.8 cm³/mol. The van der Waals surface area contributed by atoms with Crippen LogP contribution in [0.3, 0.4) is 0 Å². The molecule has 0 saturated carbocycles. The number of nitrogens with one attached hydrogen (secondary N) is 1. The fraction of sp³-hybridized carbons (Fsp3) is 0.474. The molecule has 3 rings (SSSR count). The molecule has 0 bridgehead atoms. The number of halogens is 2. The monoisotopic (exact) mass is 361 g/mol. The second-order valence-corrected chi connectivity index (χ2v) is 6.70. The molecule has 0 amide bonds. The van der Waals surface area contributed by atoms with Crippen molar-refractivity contribution >= 4 is 5.96 Å². The van der Waals surface area contributed by atoms with E-state index in [9.17, 15) is 8.78 Å². The summed E-state index contributed by atoms with van der Waals surface area (Å²) in [6.45, 7) is 6.74. The molecule has 2 unspecified atom stereocenters. The van der Waals surface area contributed by atoms with Crippen LogP contribution >= 0.6 is 0 Å². The molecular formula is C19H25F2N5. The van der Waals surface area contributed by atoms with Crippen LogP contribution in [0.15, 0.2) is 41.9 Å². The molecule has 1 aromatic heterocycles. The molecular weight excluding hydrogens is 336 g/mol. The summed E-state index contributed by atoms with van der Waals surface area (Å²) < 4.78 is 29.4. The largest absolute Gasteiger partial charge is 0.357 e. The average Bonchev–Trinajstić information content (AvgIpc) is 3.16. The highest BCUT2D eigenvalue weighted by Gasteiger charge is 2.28. The zero-order chi connectivity index (χ0) is 18.5. The van der Waals surface area contributed by atoms with E-state index in [2.05, 4.69) is 31.7 Å². The van der Waals surface area contributed by atoms with Gasteiger partial charge in [0.15, 0.2) is 5.96 Å². The molecule has 5 nitrogen and oxygen atoms in total. The second kappa shape index (κ2) is 8.29. The smallest absolute Gasteiger partial charge is 0.194 e. The van der Waals surface area contributed by atoms with Crippen LogP contribution in [0.5, 0.6) is 0 Å². The molecule has 1 saturated heterocycles. The fourth-order valence-electron chi connectivity index (χ4n) is 3.35. The van der Waals surface area contributed by atoms with Crippen LogP contribution in [0.1, 0.15) is 31.9 Å². The van der Waals surface area contributed by atoms with E-state index >= 15 is 0 Å². The SMILES string of the molecule is CCNC(=NCc1cc(F)ccc1F)N1CCC(C)C(n2ccnc2)C1. The Labute approximate surface area is 152 Å². The third-order valence-electron chi connectivity index (χ3n) is 4.87. The van der Waals surface area contributed by atoms with Gasteiger partial charge in [-0.2, -0.15) is 0 Å². The highest BCUT2D eigenvalue weighted by Crippen LogP contribution is 2.27. The van der Waals surface area contributed by atoms with E-state index in [-0.39, 0.29) is 12.1 Å². The van der Waals surface area contributed by atoms with Gasteiger partial charge in [0.1, 0.15) is 11.6 Å². The minimum Gasteiger partial charge on any atom is -0.357 e. The quantitative estimate of drug-likeness (QED) is 0.672. The maximum absolute atomic E-state index is 13.9. The molecule has 1 aliphatic rings. The van der Waals surface area contributed by atoms with Crippen LogP contribution in [0.4, 0.5) is 8.78 Å². The number of rotatable bonds is 4. The summed E-state index contributed by atoms with van der Waals surface area (Å²) in [4.78, 5) is 10.9. The second-order valence-electron chi connectivity index (χ2n) is 6.70. The zero-order valence-electron chi connectivity index (χ0n) is 15.2. The van der Waals surface area contributed by atoms with Gasteiger partial charge in [-0.05, 0) is 37.5 Å². The number of hydrogen-bond donors (Lipinski definition) is 1. The van der Waals surface area contributed by atoms with E-state index in [4.69, 9.17) is 0 Å². The predicted octanol–water partition coefficient (Wildman–Crippen LogP) is 3.21. The number of guanidine groups is 1. The van der Waals surface area contributed by atoms with Gasteiger partial charge in [0, 0.05) is 37.6 Å². The van der Waals surface area contributed by atoms with Gasteiger partial charge in [-0.15, -0.1) is 0 Å². The lowest BCUT2D eigenvalue weighted by Gasteiger charge is -2.39. The number of aromatic nitrogens is 2.